The van der Waals surface area contributed by atoms with Crippen LogP contribution in [-0.2, 0) is 0 Å². The Hall–Kier alpha value is -16.6. The molecule has 0 N–H and O–H groups in total. The van der Waals surface area contributed by atoms with E-state index in [0.29, 0.717) is 0 Å². The Morgan fingerprint density at radius 2 is 0.488 bits per heavy atom. The zero-order valence-corrected chi connectivity index (χ0v) is 71.2. The molecule has 27 rings (SSSR count). The predicted molar refractivity (Wildman–Crippen MR) is 546 cm³/mol. The first-order valence-electron chi connectivity index (χ1n) is 43.7. The molecular formula is C120H74N4O3S2. The Labute approximate surface area is 749 Å². The number of para-hydroxylation sites is 5. The summed E-state index contributed by atoms with van der Waals surface area (Å²) in [4.78, 5) is 4.71. The summed E-state index contributed by atoms with van der Waals surface area (Å²) in [5, 5.41) is 16.5. The van der Waals surface area contributed by atoms with E-state index in [-0.39, 0.29) is 0 Å². The molecule has 0 spiro atoms. The summed E-state index contributed by atoms with van der Waals surface area (Å²) >= 11 is 3.70. The number of hydrogen-bond acceptors (Lipinski definition) is 7. The molecule has 20 aromatic carbocycles. The minimum Gasteiger partial charge on any atom is -0.456 e. The van der Waals surface area contributed by atoms with Crippen LogP contribution >= 0.6 is 22.7 Å². The second kappa shape index (κ2) is 30.1. The van der Waals surface area contributed by atoms with Gasteiger partial charge in [-0.1, -0.05) is 279 Å². The molecule has 129 heavy (non-hydrogen) atoms. The number of nitrogens with zero attached hydrogens (tertiary/aromatic N) is 4. The van der Waals surface area contributed by atoms with Crippen molar-refractivity contribution >= 4 is 207 Å². The van der Waals surface area contributed by atoms with Gasteiger partial charge in [-0.25, -0.2) is 0 Å². The topological polar surface area (TPSA) is 55.8 Å². The predicted octanol–water partition coefficient (Wildman–Crippen LogP) is 35.3. The van der Waals surface area contributed by atoms with Gasteiger partial charge in [0.05, 0.1) is 32.8 Å². The van der Waals surface area contributed by atoms with Gasteiger partial charge in [-0.2, -0.15) is 0 Å². The molecule has 0 aliphatic heterocycles. The fourth-order valence-electron chi connectivity index (χ4n) is 20.0. The average molecular weight is 1680 g/mol. The number of anilines is 6. The highest BCUT2D eigenvalue weighted by Crippen LogP contribution is 2.51. The lowest BCUT2D eigenvalue weighted by molar-refractivity contribution is 0.668. The lowest BCUT2D eigenvalue weighted by atomic mass is 9.98. The van der Waals surface area contributed by atoms with Crippen LogP contribution in [-0.4, -0.2) is 9.13 Å². The first-order valence-corrected chi connectivity index (χ1v) is 45.4. The molecule has 0 aliphatic rings. The lowest BCUT2D eigenvalue weighted by Gasteiger charge is -2.26. The number of hydrogen-bond donors (Lipinski definition) is 0. The van der Waals surface area contributed by atoms with Crippen molar-refractivity contribution in [1.29, 1.82) is 0 Å². The van der Waals surface area contributed by atoms with Crippen molar-refractivity contribution in [2.24, 2.45) is 0 Å². The smallest absolute Gasteiger partial charge is 0.145 e. The van der Waals surface area contributed by atoms with E-state index in [1.54, 1.807) is 0 Å². The van der Waals surface area contributed by atoms with Crippen LogP contribution in [0.25, 0.3) is 217 Å². The molecule has 9 heteroatoms. The molecule has 0 amide bonds. The van der Waals surface area contributed by atoms with Crippen molar-refractivity contribution < 1.29 is 13.3 Å². The molecule has 0 atom stereocenters. The molecular weight excluding hydrogens is 1610 g/mol. The maximum absolute atomic E-state index is 6.96. The summed E-state index contributed by atoms with van der Waals surface area (Å²) in [5.74, 6) is 0. The van der Waals surface area contributed by atoms with Gasteiger partial charge in [-0.3, -0.25) is 0 Å². The molecule has 0 saturated carbocycles. The second-order valence-corrected chi connectivity index (χ2v) is 35.5. The minimum absolute atomic E-state index is 0.861. The molecule has 0 saturated heterocycles. The van der Waals surface area contributed by atoms with E-state index in [0.717, 1.165) is 150 Å². The standard InChI is InChI=1S/C60H38N2O2.C60H36N2OS2/c1-3-13-39(14-4-1)41-23-29-44(30-24-41)61(45-31-25-42(26-32-45)40-15-5-2-6-16-40)46-33-27-43(28-34-46)51-38-53-48-17-7-10-20-54(48)62(59(53)58-50-19-9-12-22-56(50)64-60(51)58)47-35-36-57-52(37-47)49-18-8-11-21-55(49)63-57;1-2-12-37(13-3-1)38-22-26-40(27-23-38)61(42-30-32-56-49(34-42)45-15-6-10-20-54(45)64-56)41-28-24-39(25-29-41)48-36-51-44-14-4-8-18-52(44)62(59(51)58-47-17-5-9-19-53(47)63-60(48)58)43-31-33-57-50(35-43)46-16-7-11-21-55(46)65-57/h1-38H;1-36H. The van der Waals surface area contributed by atoms with Crippen LogP contribution in [0, 0.1) is 0 Å². The first-order chi connectivity index (χ1) is 63.9. The molecule has 0 aliphatic carbocycles. The third kappa shape index (κ3) is 12.3. The van der Waals surface area contributed by atoms with Gasteiger partial charge in [0, 0.05) is 140 Å². The maximum Gasteiger partial charge on any atom is 0.145 e. The highest BCUT2D eigenvalue weighted by Gasteiger charge is 2.28. The molecule has 0 fully saturated rings. The summed E-state index contributed by atoms with van der Waals surface area (Å²) in [6.45, 7) is 0. The van der Waals surface area contributed by atoms with Gasteiger partial charge in [-0.15, -0.1) is 22.7 Å². The van der Waals surface area contributed by atoms with Crippen LogP contribution in [0.2, 0.25) is 0 Å². The number of fused-ring (bicyclic) bond motifs is 23. The normalized spacial score (nSPS) is 11.9. The zero-order valence-electron chi connectivity index (χ0n) is 69.6. The Morgan fingerprint density at radius 1 is 0.186 bits per heavy atom. The van der Waals surface area contributed by atoms with Crippen molar-refractivity contribution in [3.8, 4) is 67.0 Å². The summed E-state index contributed by atoms with van der Waals surface area (Å²) in [7, 11) is 0. The Bertz CT molecular complexity index is 9010. The second-order valence-electron chi connectivity index (χ2n) is 33.3. The van der Waals surface area contributed by atoms with Gasteiger partial charge >= 0.3 is 0 Å². The largest absolute Gasteiger partial charge is 0.456 e. The van der Waals surface area contributed by atoms with Crippen molar-refractivity contribution in [1.82, 2.24) is 9.13 Å². The minimum atomic E-state index is 0.861. The van der Waals surface area contributed by atoms with E-state index in [4.69, 9.17) is 13.3 Å². The lowest BCUT2D eigenvalue weighted by Crippen LogP contribution is -2.09. The van der Waals surface area contributed by atoms with E-state index in [1.165, 1.54) is 101 Å². The highest BCUT2D eigenvalue weighted by molar-refractivity contribution is 7.26. The summed E-state index contributed by atoms with van der Waals surface area (Å²) in [6.07, 6.45) is 0. The quantitative estimate of drug-likeness (QED) is 0.115. The number of furan rings is 3. The fourth-order valence-corrected chi connectivity index (χ4v) is 22.1. The van der Waals surface area contributed by atoms with Gasteiger partial charge in [0.15, 0.2) is 0 Å². The van der Waals surface area contributed by atoms with Gasteiger partial charge in [0.25, 0.3) is 0 Å². The average Bonchev–Trinajstić information content (AvgIpc) is 1.55. The van der Waals surface area contributed by atoms with Crippen LogP contribution in [0.1, 0.15) is 0 Å². The summed E-state index contributed by atoms with van der Waals surface area (Å²) in [6, 6.07) is 162. The molecule has 0 unspecified atom stereocenters. The van der Waals surface area contributed by atoms with E-state index in [2.05, 4.69) is 456 Å². The van der Waals surface area contributed by atoms with Crippen molar-refractivity contribution in [2.75, 3.05) is 9.80 Å². The SMILES string of the molecule is c1ccc(-c2ccc(N(c3ccc(-c4cc5c6ccccc6n(-c6ccc7sc8ccccc8c7c6)c5c5c4oc4ccccc45)cc3)c3ccc4sc5ccccc5c4c3)cc2)cc1.c1ccc(-c2ccc(N(c3ccc(-c4ccccc4)cc3)c3ccc(-c4cc5c6ccccc6n(-c6ccc7oc8ccccc8c7c6)c5c5c4oc4ccccc45)cc3)cc2)cc1. The van der Waals surface area contributed by atoms with Crippen LogP contribution in [0.4, 0.5) is 34.1 Å². The zero-order chi connectivity index (χ0) is 84.7. The Kier molecular flexibility index (Phi) is 17.3. The van der Waals surface area contributed by atoms with Gasteiger partial charge < -0.3 is 32.2 Å². The van der Waals surface area contributed by atoms with E-state index in [9.17, 15) is 0 Å². The highest BCUT2D eigenvalue weighted by atomic mass is 32.1. The monoisotopic (exact) mass is 1680 g/mol. The molecule has 27 aromatic rings. The van der Waals surface area contributed by atoms with E-state index >= 15 is 0 Å². The fraction of sp³-hybridized carbons (Fsp3) is 0. The van der Waals surface area contributed by atoms with Crippen LogP contribution in [0.15, 0.2) is 462 Å². The van der Waals surface area contributed by atoms with E-state index < -0.39 is 0 Å². The molecule has 7 aromatic heterocycles. The van der Waals surface area contributed by atoms with Crippen LogP contribution < -0.4 is 9.80 Å². The van der Waals surface area contributed by atoms with Crippen molar-refractivity contribution in [3.63, 3.8) is 0 Å². The number of aromatic nitrogens is 2. The third-order valence-corrected chi connectivity index (χ3v) is 28.3. The molecule has 7 heterocycles. The third-order valence-electron chi connectivity index (χ3n) is 26.0. The van der Waals surface area contributed by atoms with Crippen molar-refractivity contribution in [2.45, 2.75) is 0 Å². The maximum atomic E-state index is 6.96. The van der Waals surface area contributed by atoms with Gasteiger partial charge in [0.2, 0.25) is 0 Å². The molecule has 604 valence electrons. The number of thiophene rings is 2. The molecule has 7 nitrogen and oxygen atoms in total. The summed E-state index contributed by atoms with van der Waals surface area (Å²) < 4.78 is 30.2. The van der Waals surface area contributed by atoms with Crippen LogP contribution in [0.3, 0.4) is 0 Å². The molecule has 0 bridgehead atoms. The van der Waals surface area contributed by atoms with Crippen LogP contribution in [0.5, 0.6) is 0 Å². The van der Waals surface area contributed by atoms with Gasteiger partial charge in [-0.05, 0) is 214 Å². The van der Waals surface area contributed by atoms with Gasteiger partial charge in [0.1, 0.15) is 33.5 Å². The first kappa shape index (κ1) is 73.9. The molecule has 0 radical (unpaired) electrons. The number of benzene rings is 20. The Morgan fingerprint density at radius 3 is 0.930 bits per heavy atom. The van der Waals surface area contributed by atoms with Crippen molar-refractivity contribution in [3.05, 3.63) is 449 Å². The number of rotatable bonds is 13. The van der Waals surface area contributed by atoms with E-state index in [1.807, 2.05) is 34.8 Å². The summed E-state index contributed by atoms with van der Waals surface area (Å²) in [5.41, 5.74) is 30.0. The Balaban J connectivity index is 0.000000136.